The minimum atomic E-state index is -1.12. The zero-order valence-electron chi connectivity index (χ0n) is 7.93. The average Bonchev–Trinajstić information content (AvgIpc) is 2.26. The van der Waals surface area contributed by atoms with Gasteiger partial charge in [0.1, 0.15) is 0 Å². The maximum Gasteiger partial charge on any atom is 0.514 e. The number of nitrogens with one attached hydrogen (secondary N) is 1. The van der Waals surface area contributed by atoms with Crippen molar-refractivity contribution in [2.75, 3.05) is 0 Å². The van der Waals surface area contributed by atoms with E-state index in [0.29, 0.717) is 11.9 Å². The Morgan fingerprint density at radius 2 is 2.14 bits per heavy atom. The molecule has 74 valence electrons. The Hall–Kier alpha value is -1.33. The van der Waals surface area contributed by atoms with Gasteiger partial charge in [-0.05, 0) is 5.46 Å². The molecule has 4 nitrogen and oxygen atoms in total. The lowest BCUT2D eigenvalue weighted by molar-refractivity contribution is -0.127. The summed E-state index contributed by atoms with van der Waals surface area (Å²) in [6.45, 7) is 1.70. The maximum absolute atomic E-state index is 10.8. The Balaban J connectivity index is 2.43. The summed E-state index contributed by atoms with van der Waals surface area (Å²) in [6, 6.07) is 8.82. The quantitative estimate of drug-likeness (QED) is 0.515. The van der Waals surface area contributed by atoms with Gasteiger partial charge in [0.15, 0.2) is 0 Å². The molecule has 14 heavy (non-hydrogen) atoms. The summed E-state index contributed by atoms with van der Waals surface area (Å²) in [5.41, 5.74) is 2.74. The molecule has 0 saturated heterocycles. The van der Waals surface area contributed by atoms with E-state index in [4.69, 9.17) is 4.76 Å². The van der Waals surface area contributed by atoms with E-state index in [0.717, 1.165) is 0 Å². The van der Waals surface area contributed by atoms with Gasteiger partial charge >= 0.3 is 7.12 Å². The second kappa shape index (κ2) is 5.41. The minimum absolute atomic E-state index is 0.264. The molecule has 0 fully saturated rings. The fourth-order valence-electron chi connectivity index (χ4n) is 0.879. The summed E-state index contributed by atoms with van der Waals surface area (Å²) >= 11 is 0. The minimum Gasteiger partial charge on any atom is -0.422 e. The number of hydrogen-bond acceptors (Lipinski definition) is 3. The molecule has 0 radical (unpaired) electrons. The van der Waals surface area contributed by atoms with Crippen molar-refractivity contribution < 1.29 is 14.6 Å². The predicted molar refractivity (Wildman–Crippen MR) is 53.6 cm³/mol. The molecule has 0 aliphatic heterocycles. The summed E-state index contributed by atoms with van der Waals surface area (Å²) in [5.74, 6) is -0.264. The number of amides is 1. The number of benzene rings is 1. The lowest BCUT2D eigenvalue weighted by Gasteiger charge is -2.07. The fraction of sp³-hybridized carbons (Fsp3) is 0.222. The Morgan fingerprint density at radius 3 is 2.71 bits per heavy atom. The van der Waals surface area contributed by atoms with Crippen LogP contribution in [0.2, 0.25) is 0 Å². The highest BCUT2D eigenvalue weighted by Crippen LogP contribution is 1.86. The molecule has 0 aliphatic carbocycles. The van der Waals surface area contributed by atoms with Gasteiger partial charge < -0.3 is 5.02 Å². The molecule has 1 aromatic rings. The second-order valence-corrected chi connectivity index (χ2v) is 2.76. The van der Waals surface area contributed by atoms with E-state index in [1.54, 1.807) is 31.2 Å². The molecule has 0 aliphatic rings. The van der Waals surface area contributed by atoms with E-state index in [2.05, 4.69) is 5.48 Å². The van der Waals surface area contributed by atoms with Crippen LogP contribution in [-0.4, -0.2) is 18.0 Å². The van der Waals surface area contributed by atoms with Crippen LogP contribution in [0, 0.1) is 0 Å². The summed E-state index contributed by atoms with van der Waals surface area (Å²) in [4.78, 5) is 10.8. The van der Waals surface area contributed by atoms with E-state index in [1.807, 2.05) is 6.07 Å². The van der Waals surface area contributed by atoms with Crippen LogP contribution in [0.15, 0.2) is 30.3 Å². The van der Waals surface area contributed by atoms with Crippen molar-refractivity contribution in [3.63, 3.8) is 0 Å². The summed E-state index contributed by atoms with van der Waals surface area (Å²) < 4.78 is 4.74. The lowest BCUT2D eigenvalue weighted by atomic mass is 9.80. The summed E-state index contributed by atoms with van der Waals surface area (Å²) in [6.07, 6.45) is 0.321. The number of rotatable bonds is 4. The van der Waals surface area contributed by atoms with Gasteiger partial charge in [-0.3, -0.25) is 9.55 Å². The summed E-state index contributed by atoms with van der Waals surface area (Å²) in [7, 11) is -1.12. The van der Waals surface area contributed by atoms with E-state index in [1.165, 1.54) is 0 Å². The molecule has 0 unspecified atom stereocenters. The maximum atomic E-state index is 10.8. The van der Waals surface area contributed by atoms with Crippen LogP contribution in [0.4, 0.5) is 0 Å². The highest BCUT2D eigenvalue weighted by atomic mass is 16.7. The van der Waals surface area contributed by atoms with Crippen molar-refractivity contribution in [1.82, 2.24) is 5.48 Å². The average molecular weight is 193 g/mol. The highest BCUT2D eigenvalue weighted by molar-refractivity contribution is 6.59. The third kappa shape index (κ3) is 3.20. The van der Waals surface area contributed by atoms with E-state index < -0.39 is 7.12 Å². The molecule has 1 amide bonds. The Labute approximate surface area is 83.0 Å². The Bertz CT molecular complexity index is 291. The van der Waals surface area contributed by atoms with Crippen LogP contribution in [-0.2, 0) is 9.55 Å². The van der Waals surface area contributed by atoms with Crippen LogP contribution in [0.25, 0.3) is 0 Å². The van der Waals surface area contributed by atoms with Crippen LogP contribution < -0.4 is 10.9 Å². The first kappa shape index (κ1) is 10.8. The molecule has 1 rings (SSSR count). The molecule has 0 spiro atoms. The van der Waals surface area contributed by atoms with Crippen LogP contribution >= 0.6 is 0 Å². The monoisotopic (exact) mass is 193 g/mol. The SMILES string of the molecule is CCC(=O)NOB(O)c1ccccc1. The number of hydrogen-bond donors (Lipinski definition) is 2. The third-order valence-electron chi connectivity index (χ3n) is 1.69. The number of carbonyl (C=O) groups is 1. The summed E-state index contributed by atoms with van der Waals surface area (Å²) in [5, 5.41) is 9.43. The zero-order chi connectivity index (χ0) is 10.4. The number of carbonyl (C=O) groups excluding carboxylic acids is 1. The van der Waals surface area contributed by atoms with Crippen molar-refractivity contribution in [1.29, 1.82) is 0 Å². The molecule has 1 aromatic carbocycles. The van der Waals surface area contributed by atoms with Crippen molar-refractivity contribution in [3.05, 3.63) is 30.3 Å². The smallest absolute Gasteiger partial charge is 0.422 e. The molecule has 0 aromatic heterocycles. The van der Waals surface area contributed by atoms with Crippen molar-refractivity contribution in [3.8, 4) is 0 Å². The van der Waals surface area contributed by atoms with Gasteiger partial charge in [0.25, 0.3) is 0 Å². The van der Waals surface area contributed by atoms with Crippen LogP contribution in [0.5, 0.6) is 0 Å². The van der Waals surface area contributed by atoms with Gasteiger partial charge in [0.2, 0.25) is 5.91 Å². The Kier molecular flexibility index (Phi) is 4.16. The molecular formula is C9H12BNO3. The van der Waals surface area contributed by atoms with Gasteiger partial charge in [0.05, 0.1) is 0 Å². The molecule has 5 heteroatoms. The van der Waals surface area contributed by atoms with Gasteiger partial charge in [-0.15, -0.1) is 0 Å². The van der Waals surface area contributed by atoms with Crippen LogP contribution in [0.1, 0.15) is 13.3 Å². The fourth-order valence-corrected chi connectivity index (χ4v) is 0.879. The normalized spacial score (nSPS) is 9.57. The van der Waals surface area contributed by atoms with Gasteiger partial charge in [0, 0.05) is 6.42 Å². The standard InChI is InChI=1S/C9H12BNO3/c1-2-9(12)11-14-10(13)8-6-4-3-5-7-8/h3-7,13H,2H2,1H3,(H,11,12). The van der Waals surface area contributed by atoms with Crippen LogP contribution in [0.3, 0.4) is 0 Å². The first-order valence-electron chi connectivity index (χ1n) is 4.41. The topological polar surface area (TPSA) is 58.6 Å². The van der Waals surface area contributed by atoms with Gasteiger partial charge in [-0.2, -0.15) is 0 Å². The van der Waals surface area contributed by atoms with E-state index in [-0.39, 0.29) is 5.91 Å². The second-order valence-electron chi connectivity index (χ2n) is 2.76. The van der Waals surface area contributed by atoms with E-state index >= 15 is 0 Å². The molecule has 0 heterocycles. The third-order valence-corrected chi connectivity index (χ3v) is 1.69. The first-order valence-corrected chi connectivity index (χ1v) is 4.41. The van der Waals surface area contributed by atoms with Crippen molar-refractivity contribution in [2.24, 2.45) is 0 Å². The lowest BCUT2D eigenvalue weighted by Crippen LogP contribution is -2.40. The number of hydroxylamine groups is 1. The van der Waals surface area contributed by atoms with Gasteiger partial charge in [-0.25, -0.2) is 5.48 Å². The molecule has 2 N–H and O–H groups in total. The predicted octanol–water partition coefficient (Wildman–Crippen LogP) is -0.168. The zero-order valence-corrected chi connectivity index (χ0v) is 7.93. The first-order chi connectivity index (χ1) is 6.74. The Morgan fingerprint density at radius 1 is 1.50 bits per heavy atom. The van der Waals surface area contributed by atoms with Crippen molar-refractivity contribution >= 4 is 18.5 Å². The largest absolute Gasteiger partial charge is 0.514 e. The molecular weight excluding hydrogens is 181 g/mol. The molecule has 0 atom stereocenters. The van der Waals surface area contributed by atoms with E-state index in [9.17, 15) is 9.82 Å². The molecule has 0 saturated carbocycles. The molecule has 0 bridgehead atoms. The van der Waals surface area contributed by atoms with Crippen molar-refractivity contribution in [2.45, 2.75) is 13.3 Å². The highest BCUT2D eigenvalue weighted by Gasteiger charge is 2.16. The van der Waals surface area contributed by atoms with Gasteiger partial charge in [-0.1, -0.05) is 37.3 Å².